The number of piperidine rings is 2. The molecular weight excluding hydrogens is 532 g/mol. The highest BCUT2D eigenvalue weighted by atomic mass is 16.6. The highest BCUT2D eigenvalue weighted by Gasteiger charge is 2.45. The minimum Gasteiger partial charge on any atom is -0.466 e. The fraction of sp³-hybridized carbons (Fsp3) is 0.697. The van der Waals surface area contributed by atoms with Crippen LogP contribution in [0.2, 0.25) is 0 Å². The number of ether oxygens (including phenoxy) is 1. The normalized spacial score (nSPS) is 29.8. The number of aromatic nitrogens is 2. The van der Waals surface area contributed by atoms with Crippen molar-refractivity contribution in [2.45, 2.75) is 115 Å². The van der Waals surface area contributed by atoms with E-state index in [1.165, 1.54) is 57.8 Å². The molecule has 6 rings (SSSR count). The van der Waals surface area contributed by atoms with Crippen molar-refractivity contribution in [3.8, 4) is 0 Å². The zero-order valence-corrected chi connectivity index (χ0v) is 25.0. The summed E-state index contributed by atoms with van der Waals surface area (Å²) in [6, 6.07) is 9.59. The smallest absolute Gasteiger partial charge is 0.306 e. The molecule has 228 valence electrons. The van der Waals surface area contributed by atoms with Gasteiger partial charge in [0.2, 0.25) is 0 Å². The molecule has 2 aromatic rings. The average Bonchev–Trinajstić information content (AvgIpc) is 2.98. The summed E-state index contributed by atoms with van der Waals surface area (Å²) in [5.41, 5.74) is 1.91. The van der Waals surface area contributed by atoms with Gasteiger partial charge in [-0.05, 0) is 75.8 Å². The third kappa shape index (κ3) is 6.13. The first-order valence-corrected chi connectivity index (χ1v) is 16.3. The predicted octanol–water partition coefficient (Wildman–Crippen LogP) is 4.98. The average molecular weight is 579 g/mol. The molecule has 9 nitrogen and oxygen atoms in total. The minimum atomic E-state index is -0.361. The van der Waals surface area contributed by atoms with Crippen LogP contribution in [-0.2, 0) is 14.4 Å². The van der Waals surface area contributed by atoms with Crippen LogP contribution in [0.25, 0.3) is 11.0 Å². The number of aliphatic hydroxyl groups is 1. The molecule has 0 radical (unpaired) electrons. The number of para-hydroxylation sites is 2. The van der Waals surface area contributed by atoms with Crippen LogP contribution in [0.15, 0.2) is 34.2 Å². The maximum atomic E-state index is 14.3. The number of benzene rings is 1. The van der Waals surface area contributed by atoms with Crippen LogP contribution in [0.1, 0.15) is 102 Å². The molecule has 1 aromatic heterocycles. The molecule has 5 atom stereocenters. The van der Waals surface area contributed by atoms with Crippen molar-refractivity contribution in [3.63, 3.8) is 0 Å². The Morgan fingerprint density at radius 1 is 0.952 bits per heavy atom. The van der Waals surface area contributed by atoms with Gasteiger partial charge in [-0.1, -0.05) is 43.0 Å². The minimum absolute atomic E-state index is 0.00458. The van der Waals surface area contributed by atoms with Crippen molar-refractivity contribution in [2.24, 2.45) is 17.0 Å². The fourth-order valence-corrected chi connectivity index (χ4v) is 8.67. The molecule has 1 aromatic carbocycles. The Hall–Kier alpha value is -2.78. The topological polar surface area (TPSA) is 106 Å². The van der Waals surface area contributed by atoms with E-state index in [-0.39, 0.29) is 55.9 Å². The highest BCUT2D eigenvalue weighted by molar-refractivity contribution is 6.00. The lowest BCUT2D eigenvalue weighted by Gasteiger charge is -2.55. The first kappa shape index (κ1) is 29.3. The molecule has 0 spiro atoms. The molecule has 2 aliphatic carbocycles. The van der Waals surface area contributed by atoms with E-state index in [0.29, 0.717) is 23.8 Å². The number of esters is 1. The van der Waals surface area contributed by atoms with Crippen molar-refractivity contribution in [1.82, 2.24) is 14.5 Å². The van der Waals surface area contributed by atoms with Gasteiger partial charge >= 0.3 is 5.97 Å². The summed E-state index contributed by atoms with van der Waals surface area (Å²) in [6.07, 6.45) is 14.2. The number of carbonyl (C=O) groups is 1. The first-order chi connectivity index (χ1) is 20.6. The quantitative estimate of drug-likeness (QED) is 0.183. The van der Waals surface area contributed by atoms with Gasteiger partial charge in [-0.3, -0.25) is 14.5 Å². The Morgan fingerprint density at radius 3 is 2.38 bits per heavy atom. The highest BCUT2D eigenvalue weighted by Crippen LogP contribution is 2.47. The number of hydrogen-bond donors (Lipinski definition) is 1. The van der Waals surface area contributed by atoms with Crippen LogP contribution in [0, 0.1) is 11.8 Å². The summed E-state index contributed by atoms with van der Waals surface area (Å²) < 4.78 is 7.09. The van der Waals surface area contributed by atoms with Crippen LogP contribution >= 0.6 is 0 Å². The molecule has 9 heteroatoms. The Balaban J connectivity index is 1.32. The second-order valence-corrected chi connectivity index (χ2v) is 12.9. The molecule has 3 heterocycles. The molecule has 42 heavy (non-hydrogen) atoms. The lowest BCUT2D eigenvalue weighted by atomic mass is 9.68. The summed E-state index contributed by atoms with van der Waals surface area (Å²) in [4.78, 5) is 39.5. The van der Waals surface area contributed by atoms with Gasteiger partial charge in [-0.2, -0.15) is 0 Å². The van der Waals surface area contributed by atoms with Gasteiger partial charge in [0.25, 0.3) is 5.56 Å². The van der Waals surface area contributed by atoms with Gasteiger partial charge in [0.1, 0.15) is 12.3 Å². The molecule has 2 saturated heterocycles. The van der Waals surface area contributed by atoms with Crippen molar-refractivity contribution in [3.05, 3.63) is 40.3 Å². The van der Waals surface area contributed by atoms with Crippen LogP contribution in [0.4, 0.5) is 0 Å². The maximum absolute atomic E-state index is 14.3. The Bertz CT molecular complexity index is 1320. The summed E-state index contributed by atoms with van der Waals surface area (Å²) in [5, 5.41) is 13.4. The molecule has 1 N–H and O–H groups in total. The van der Waals surface area contributed by atoms with Crippen LogP contribution in [-0.4, -0.2) is 69.2 Å². The van der Waals surface area contributed by atoms with Crippen molar-refractivity contribution >= 4 is 22.7 Å². The zero-order chi connectivity index (χ0) is 29.1. The Morgan fingerprint density at radius 2 is 1.67 bits per heavy atom. The van der Waals surface area contributed by atoms with E-state index < -0.39 is 0 Å². The summed E-state index contributed by atoms with van der Waals surface area (Å²) in [6.45, 7) is 1.85. The van der Waals surface area contributed by atoms with Gasteiger partial charge in [0.05, 0.1) is 30.7 Å². The molecule has 4 fully saturated rings. The van der Waals surface area contributed by atoms with Crippen LogP contribution in [0.5, 0.6) is 0 Å². The second kappa shape index (κ2) is 13.2. The number of nitrogens with zero attached hydrogens (tertiary/aromatic N) is 4. The van der Waals surface area contributed by atoms with E-state index in [0.717, 1.165) is 35.7 Å². The van der Waals surface area contributed by atoms with E-state index in [1.54, 1.807) is 6.92 Å². The third-order valence-corrected chi connectivity index (χ3v) is 10.2. The van der Waals surface area contributed by atoms with E-state index in [1.807, 2.05) is 28.8 Å². The molecular formula is C33H46N4O5. The van der Waals surface area contributed by atoms with E-state index in [9.17, 15) is 14.7 Å². The number of aliphatic hydroxyl groups excluding tert-OH is 1. The van der Waals surface area contributed by atoms with E-state index >= 15 is 0 Å². The van der Waals surface area contributed by atoms with Gasteiger partial charge < -0.3 is 19.2 Å². The molecule has 4 unspecified atom stereocenters. The van der Waals surface area contributed by atoms with Gasteiger partial charge in [-0.25, -0.2) is 4.98 Å². The van der Waals surface area contributed by atoms with Crippen molar-refractivity contribution < 1.29 is 19.5 Å². The predicted molar refractivity (Wildman–Crippen MR) is 161 cm³/mol. The summed E-state index contributed by atoms with van der Waals surface area (Å²) in [7, 11) is 0. The Kier molecular flexibility index (Phi) is 9.24. The number of fused-ring (bicyclic) bond motifs is 5. The van der Waals surface area contributed by atoms with Crippen molar-refractivity contribution in [1.29, 1.82) is 0 Å². The molecule has 2 saturated carbocycles. The first-order valence-electron chi connectivity index (χ1n) is 16.3. The molecule has 2 aliphatic heterocycles. The Labute approximate surface area is 248 Å². The molecule has 0 amide bonds. The lowest BCUT2D eigenvalue weighted by molar-refractivity contribution is -0.142. The third-order valence-electron chi connectivity index (χ3n) is 10.2. The number of rotatable bonds is 10. The number of oxime groups is 1. The van der Waals surface area contributed by atoms with Crippen LogP contribution in [0.3, 0.4) is 0 Å². The summed E-state index contributed by atoms with van der Waals surface area (Å²) >= 11 is 0. The molecule has 4 bridgehead atoms. The largest absolute Gasteiger partial charge is 0.466 e. The van der Waals surface area contributed by atoms with Gasteiger partial charge in [0, 0.05) is 30.6 Å². The van der Waals surface area contributed by atoms with Crippen molar-refractivity contribution in [2.75, 3.05) is 19.8 Å². The van der Waals surface area contributed by atoms with E-state index in [4.69, 9.17) is 14.6 Å². The zero-order valence-electron chi connectivity index (χ0n) is 25.0. The lowest BCUT2D eigenvalue weighted by Crippen LogP contribution is -2.58. The van der Waals surface area contributed by atoms with Crippen LogP contribution < -0.4 is 5.56 Å². The standard InChI is InChI=1S/C33H46N4O5/c1-2-41-31(39)14-13-29(35-42-16-15-38)32-33(40)37(30-12-4-3-11-28(30)34-32)27-20-24-9-6-10-25(21-27)36(24)26-18-22-7-5-8-23(17-22)19-26/h3-4,11-12,22-27,38H,2,5-10,13-21H2,1H3/b35-29+/t22?,23?,24-,25?,26?,27?/m1/s1. The fourth-order valence-electron chi connectivity index (χ4n) is 8.67. The molecule has 4 aliphatic rings. The van der Waals surface area contributed by atoms with Gasteiger partial charge in [-0.15, -0.1) is 0 Å². The second-order valence-electron chi connectivity index (χ2n) is 12.9. The maximum Gasteiger partial charge on any atom is 0.306 e. The SMILES string of the molecule is CCOC(=O)CC/C(=N\OCCO)c1nc2ccccc2n(C2CC3CCC[C@H](C2)N3C2CC3CCCC(C3)C2)c1=O. The van der Waals surface area contributed by atoms with E-state index in [2.05, 4.69) is 10.1 Å². The monoisotopic (exact) mass is 578 g/mol. The summed E-state index contributed by atoms with van der Waals surface area (Å²) in [5.74, 6) is 1.44. The number of hydrogen-bond acceptors (Lipinski definition) is 8. The number of carbonyl (C=O) groups excluding carboxylic acids is 1. The van der Waals surface area contributed by atoms with Gasteiger partial charge in [0.15, 0.2) is 5.69 Å².